The van der Waals surface area contributed by atoms with Gasteiger partial charge in [0.05, 0.1) is 5.52 Å². The van der Waals surface area contributed by atoms with E-state index in [4.69, 9.17) is 4.98 Å². The van der Waals surface area contributed by atoms with Crippen LogP contribution >= 0.6 is 0 Å². The van der Waals surface area contributed by atoms with Crippen LogP contribution < -0.4 is 0 Å². The lowest BCUT2D eigenvalue weighted by molar-refractivity contribution is 0.469. The normalized spacial score (nSPS) is 16.5. The van der Waals surface area contributed by atoms with Crippen molar-refractivity contribution in [3.05, 3.63) is 59.8 Å². The van der Waals surface area contributed by atoms with E-state index in [1.165, 1.54) is 27.4 Å². The van der Waals surface area contributed by atoms with E-state index in [1.54, 1.807) is 0 Å². The first-order chi connectivity index (χ1) is 9.62. The fourth-order valence-corrected chi connectivity index (χ4v) is 3.07. The van der Waals surface area contributed by atoms with Gasteiger partial charge in [0.1, 0.15) is 0 Å². The van der Waals surface area contributed by atoms with Crippen molar-refractivity contribution in [1.29, 1.82) is 0 Å². The van der Waals surface area contributed by atoms with Crippen molar-refractivity contribution in [2.24, 2.45) is 5.41 Å². The third kappa shape index (κ3) is 1.74. The SMILES string of the molecule is CC1(C)C=Cc2cc3c(ccc4ccccc43)nc2C1. The number of hydrogen-bond acceptors (Lipinski definition) is 1. The van der Waals surface area contributed by atoms with Gasteiger partial charge in [-0.2, -0.15) is 0 Å². The van der Waals surface area contributed by atoms with Gasteiger partial charge in [-0.05, 0) is 40.3 Å². The highest BCUT2D eigenvalue weighted by Crippen LogP contribution is 2.34. The molecule has 0 fully saturated rings. The van der Waals surface area contributed by atoms with Crippen LogP contribution in [-0.4, -0.2) is 4.98 Å². The molecule has 20 heavy (non-hydrogen) atoms. The lowest BCUT2D eigenvalue weighted by Gasteiger charge is -2.25. The number of benzene rings is 2. The van der Waals surface area contributed by atoms with Gasteiger partial charge in [0.25, 0.3) is 0 Å². The van der Waals surface area contributed by atoms with Gasteiger partial charge in [-0.3, -0.25) is 4.98 Å². The van der Waals surface area contributed by atoms with Gasteiger partial charge in [0.2, 0.25) is 0 Å². The van der Waals surface area contributed by atoms with Gasteiger partial charge in [-0.15, -0.1) is 0 Å². The molecular weight excluding hydrogens is 242 g/mol. The zero-order valence-electron chi connectivity index (χ0n) is 11.9. The Hall–Kier alpha value is -2.15. The maximum Gasteiger partial charge on any atom is 0.0712 e. The van der Waals surface area contributed by atoms with Crippen LogP contribution in [-0.2, 0) is 6.42 Å². The smallest absolute Gasteiger partial charge is 0.0712 e. The van der Waals surface area contributed by atoms with Crippen LogP contribution in [0.2, 0.25) is 0 Å². The molecule has 1 nitrogen and oxygen atoms in total. The maximum absolute atomic E-state index is 4.91. The van der Waals surface area contributed by atoms with Crippen LogP contribution in [0.15, 0.2) is 48.5 Å². The van der Waals surface area contributed by atoms with E-state index in [0.29, 0.717) is 0 Å². The Morgan fingerprint density at radius 2 is 1.85 bits per heavy atom. The van der Waals surface area contributed by atoms with E-state index in [-0.39, 0.29) is 5.41 Å². The number of nitrogens with zero attached hydrogens (tertiary/aromatic N) is 1. The third-order valence-electron chi connectivity index (χ3n) is 4.17. The summed E-state index contributed by atoms with van der Waals surface area (Å²) >= 11 is 0. The van der Waals surface area contributed by atoms with Gasteiger partial charge in [0, 0.05) is 11.1 Å². The monoisotopic (exact) mass is 259 g/mol. The first-order valence-electron chi connectivity index (χ1n) is 7.13. The van der Waals surface area contributed by atoms with Crippen molar-refractivity contribution in [3.8, 4) is 0 Å². The van der Waals surface area contributed by atoms with Crippen molar-refractivity contribution in [3.63, 3.8) is 0 Å². The molecule has 0 saturated heterocycles. The van der Waals surface area contributed by atoms with Gasteiger partial charge in [-0.25, -0.2) is 0 Å². The topological polar surface area (TPSA) is 12.9 Å². The van der Waals surface area contributed by atoms with E-state index in [1.807, 2.05) is 0 Å². The Kier molecular flexibility index (Phi) is 2.29. The number of pyridine rings is 1. The molecule has 2 aromatic carbocycles. The fraction of sp³-hybridized carbons (Fsp3) is 0.211. The molecule has 0 spiro atoms. The quantitative estimate of drug-likeness (QED) is 0.519. The van der Waals surface area contributed by atoms with E-state index in [0.717, 1.165) is 11.9 Å². The highest BCUT2D eigenvalue weighted by molar-refractivity contribution is 6.06. The molecule has 0 aliphatic heterocycles. The zero-order chi connectivity index (χ0) is 13.7. The van der Waals surface area contributed by atoms with Crippen LogP contribution in [0.3, 0.4) is 0 Å². The highest BCUT2D eigenvalue weighted by atomic mass is 14.7. The van der Waals surface area contributed by atoms with Gasteiger partial charge < -0.3 is 0 Å². The van der Waals surface area contributed by atoms with Crippen molar-refractivity contribution in [2.45, 2.75) is 20.3 Å². The highest BCUT2D eigenvalue weighted by Gasteiger charge is 2.22. The Morgan fingerprint density at radius 1 is 1.00 bits per heavy atom. The number of fused-ring (bicyclic) bond motifs is 4. The molecule has 98 valence electrons. The summed E-state index contributed by atoms with van der Waals surface area (Å²) in [6.45, 7) is 4.53. The summed E-state index contributed by atoms with van der Waals surface area (Å²) in [4.78, 5) is 4.91. The number of allylic oxidation sites excluding steroid dienone is 1. The molecule has 0 amide bonds. The average molecular weight is 259 g/mol. The van der Waals surface area contributed by atoms with E-state index < -0.39 is 0 Å². The van der Waals surface area contributed by atoms with E-state index >= 15 is 0 Å². The molecule has 1 aliphatic rings. The predicted molar refractivity (Wildman–Crippen MR) is 85.8 cm³/mol. The van der Waals surface area contributed by atoms with E-state index in [9.17, 15) is 0 Å². The second-order valence-electron chi connectivity index (χ2n) is 6.38. The van der Waals surface area contributed by atoms with Crippen molar-refractivity contribution >= 4 is 27.8 Å². The molecule has 4 rings (SSSR count). The third-order valence-corrected chi connectivity index (χ3v) is 4.17. The first-order valence-corrected chi connectivity index (χ1v) is 7.13. The van der Waals surface area contributed by atoms with Crippen molar-refractivity contribution < 1.29 is 0 Å². The minimum absolute atomic E-state index is 0.213. The number of aromatic nitrogens is 1. The Balaban J connectivity index is 2.06. The largest absolute Gasteiger partial charge is 0.252 e. The second kappa shape index (κ2) is 3.92. The number of rotatable bonds is 0. The fourth-order valence-electron chi connectivity index (χ4n) is 3.07. The Labute approximate surface area is 119 Å². The lowest BCUT2D eigenvalue weighted by Crippen LogP contribution is -2.16. The Morgan fingerprint density at radius 3 is 2.75 bits per heavy atom. The van der Waals surface area contributed by atoms with E-state index in [2.05, 4.69) is 68.5 Å². The maximum atomic E-state index is 4.91. The molecule has 0 unspecified atom stereocenters. The predicted octanol–water partition coefficient (Wildman–Crippen LogP) is 4.98. The number of hydrogen-bond donors (Lipinski definition) is 0. The average Bonchev–Trinajstić information content (AvgIpc) is 2.44. The van der Waals surface area contributed by atoms with Crippen LogP contribution in [0, 0.1) is 5.41 Å². The van der Waals surface area contributed by atoms with Crippen molar-refractivity contribution in [2.75, 3.05) is 0 Å². The molecule has 0 saturated carbocycles. The summed E-state index contributed by atoms with van der Waals surface area (Å²) in [5.74, 6) is 0. The second-order valence-corrected chi connectivity index (χ2v) is 6.38. The van der Waals surface area contributed by atoms with Crippen LogP contribution in [0.4, 0.5) is 0 Å². The summed E-state index contributed by atoms with van der Waals surface area (Å²) < 4.78 is 0. The first kappa shape index (κ1) is 11.7. The Bertz CT molecular complexity index is 856. The standard InChI is InChI=1S/C19H17N/c1-19(2)10-9-14-11-16-15-6-4-3-5-13(15)7-8-17(16)20-18(14)12-19/h3-11H,12H2,1-2H3. The summed E-state index contributed by atoms with van der Waals surface area (Å²) in [5.41, 5.74) is 3.81. The minimum atomic E-state index is 0.213. The molecule has 3 aromatic rings. The van der Waals surface area contributed by atoms with Crippen LogP contribution in [0.25, 0.3) is 27.8 Å². The molecule has 1 aromatic heterocycles. The molecule has 0 radical (unpaired) electrons. The lowest BCUT2D eigenvalue weighted by atomic mass is 9.81. The van der Waals surface area contributed by atoms with Gasteiger partial charge in [-0.1, -0.05) is 56.3 Å². The van der Waals surface area contributed by atoms with Crippen LogP contribution in [0.1, 0.15) is 25.1 Å². The molecule has 1 aliphatic carbocycles. The minimum Gasteiger partial charge on any atom is -0.252 e. The molecule has 1 heterocycles. The molecular formula is C19H17N. The van der Waals surface area contributed by atoms with Crippen LogP contribution in [0.5, 0.6) is 0 Å². The zero-order valence-corrected chi connectivity index (χ0v) is 11.9. The summed E-state index contributed by atoms with van der Waals surface area (Å²) in [6, 6.07) is 15.1. The molecule has 0 bridgehead atoms. The molecule has 0 N–H and O–H groups in total. The van der Waals surface area contributed by atoms with Crippen molar-refractivity contribution in [1.82, 2.24) is 4.98 Å². The summed E-state index contributed by atoms with van der Waals surface area (Å²) in [5, 5.41) is 3.83. The molecule has 1 heteroatoms. The molecule has 0 atom stereocenters. The van der Waals surface area contributed by atoms with Gasteiger partial charge >= 0.3 is 0 Å². The summed E-state index contributed by atoms with van der Waals surface area (Å²) in [6.07, 6.45) is 5.54. The van der Waals surface area contributed by atoms with Gasteiger partial charge in [0.15, 0.2) is 0 Å². The summed E-state index contributed by atoms with van der Waals surface area (Å²) in [7, 11) is 0.